The number of hydrogen-bond acceptors (Lipinski definition) is 6. The van der Waals surface area contributed by atoms with E-state index in [0.717, 1.165) is 33.4 Å². The van der Waals surface area contributed by atoms with Crippen LogP contribution < -0.4 is 9.47 Å². The first-order valence-corrected chi connectivity index (χ1v) is 17.8. The molecule has 6 nitrogen and oxygen atoms in total. The third kappa shape index (κ3) is 9.75. The highest BCUT2D eigenvalue weighted by Crippen LogP contribution is 2.43. The van der Waals surface area contributed by atoms with E-state index >= 15 is 0 Å². The van der Waals surface area contributed by atoms with Crippen LogP contribution in [0.15, 0.2) is 170 Å². The van der Waals surface area contributed by atoms with Crippen molar-refractivity contribution in [3.63, 3.8) is 0 Å². The van der Waals surface area contributed by atoms with E-state index in [1.54, 1.807) is 0 Å². The van der Waals surface area contributed by atoms with E-state index in [-0.39, 0.29) is 0 Å². The topological polar surface area (TPSA) is 55.4 Å². The number of ether oxygens (including phenoxy) is 6. The molecule has 52 heavy (non-hydrogen) atoms. The van der Waals surface area contributed by atoms with Crippen LogP contribution in [-0.4, -0.2) is 24.9 Å². The lowest BCUT2D eigenvalue weighted by molar-refractivity contribution is -0.0898. The highest BCUT2D eigenvalue weighted by atomic mass is 16.6. The number of hydrogen-bond donors (Lipinski definition) is 0. The molecule has 0 saturated carbocycles. The van der Waals surface area contributed by atoms with Crippen molar-refractivity contribution in [1.29, 1.82) is 0 Å². The largest absolute Gasteiger partial charge is 0.489 e. The Kier molecular flexibility index (Phi) is 12.4. The van der Waals surface area contributed by atoms with Gasteiger partial charge in [0.15, 0.2) is 0 Å². The Morgan fingerprint density at radius 3 is 1.38 bits per heavy atom. The minimum absolute atomic E-state index is 0.328. The first-order valence-electron chi connectivity index (χ1n) is 17.8. The van der Waals surface area contributed by atoms with Gasteiger partial charge in [0.2, 0.25) is 0 Å². The van der Waals surface area contributed by atoms with Gasteiger partial charge in [-0.15, -0.1) is 0 Å². The maximum absolute atomic E-state index is 6.95. The van der Waals surface area contributed by atoms with Gasteiger partial charge in [0.25, 0.3) is 0 Å². The molecule has 6 aromatic rings. The molecule has 1 aliphatic heterocycles. The monoisotopic (exact) mass is 692 g/mol. The summed E-state index contributed by atoms with van der Waals surface area (Å²) >= 11 is 0. The molecular formula is C46H44O6. The van der Waals surface area contributed by atoms with Crippen molar-refractivity contribution in [2.24, 2.45) is 0 Å². The minimum atomic E-state index is -0.510. The predicted molar refractivity (Wildman–Crippen MR) is 202 cm³/mol. The Hall–Kier alpha value is -5.24. The van der Waals surface area contributed by atoms with Crippen LogP contribution in [0.3, 0.4) is 0 Å². The minimum Gasteiger partial charge on any atom is -0.489 e. The molecule has 4 atom stereocenters. The summed E-state index contributed by atoms with van der Waals surface area (Å²) in [6, 6.07) is 56.8. The average Bonchev–Trinajstić information content (AvgIpc) is 3.56. The number of benzene rings is 6. The van der Waals surface area contributed by atoms with E-state index in [4.69, 9.17) is 28.4 Å². The van der Waals surface area contributed by atoms with Gasteiger partial charge >= 0.3 is 0 Å². The van der Waals surface area contributed by atoms with Gasteiger partial charge in [-0.1, -0.05) is 152 Å². The second-order valence-corrected chi connectivity index (χ2v) is 12.9. The summed E-state index contributed by atoms with van der Waals surface area (Å²) in [5, 5.41) is 0. The molecule has 6 heteroatoms. The second-order valence-electron chi connectivity index (χ2n) is 12.9. The highest BCUT2D eigenvalue weighted by Gasteiger charge is 2.48. The van der Waals surface area contributed by atoms with Crippen LogP contribution in [0.2, 0.25) is 0 Å². The molecule has 1 unspecified atom stereocenters. The molecule has 0 amide bonds. The third-order valence-electron chi connectivity index (χ3n) is 9.05. The molecule has 264 valence electrons. The van der Waals surface area contributed by atoms with Crippen LogP contribution >= 0.6 is 0 Å². The maximum Gasteiger partial charge on any atom is 0.129 e. The Morgan fingerprint density at radius 1 is 0.423 bits per heavy atom. The Morgan fingerprint density at radius 2 is 0.865 bits per heavy atom. The third-order valence-corrected chi connectivity index (χ3v) is 9.05. The van der Waals surface area contributed by atoms with Gasteiger partial charge in [0.05, 0.1) is 26.4 Å². The molecule has 1 heterocycles. The Balaban J connectivity index is 1.20. The van der Waals surface area contributed by atoms with E-state index < -0.39 is 24.4 Å². The van der Waals surface area contributed by atoms with Gasteiger partial charge in [-0.05, 0) is 39.9 Å². The molecule has 0 radical (unpaired) electrons. The van der Waals surface area contributed by atoms with Crippen LogP contribution in [0.25, 0.3) is 0 Å². The zero-order chi connectivity index (χ0) is 35.2. The van der Waals surface area contributed by atoms with Crippen LogP contribution in [-0.2, 0) is 52.0 Å². The van der Waals surface area contributed by atoms with Crippen molar-refractivity contribution in [3.05, 3.63) is 203 Å². The van der Waals surface area contributed by atoms with E-state index in [2.05, 4.69) is 60.7 Å². The van der Waals surface area contributed by atoms with Gasteiger partial charge in [0.1, 0.15) is 49.1 Å². The van der Waals surface area contributed by atoms with Crippen LogP contribution in [0.5, 0.6) is 11.5 Å². The summed E-state index contributed by atoms with van der Waals surface area (Å²) in [7, 11) is 0. The van der Waals surface area contributed by atoms with Crippen molar-refractivity contribution >= 4 is 0 Å². The smallest absolute Gasteiger partial charge is 0.129 e. The van der Waals surface area contributed by atoms with Crippen molar-refractivity contribution in [1.82, 2.24) is 0 Å². The molecule has 0 aliphatic carbocycles. The lowest BCUT2D eigenvalue weighted by Gasteiger charge is -2.26. The first-order chi connectivity index (χ1) is 25.8. The molecule has 0 N–H and O–H groups in total. The van der Waals surface area contributed by atoms with Crippen LogP contribution in [0.4, 0.5) is 0 Å². The van der Waals surface area contributed by atoms with Gasteiger partial charge in [-0.25, -0.2) is 0 Å². The Bertz CT molecular complexity index is 1910. The van der Waals surface area contributed by atoms with E-state index in [1.807, 2.05) is 109 Å². The molecule has 1 fully saturated rings. The predicted octanol–water partition coefficient (Wildman–Crippen LogP) is 9.67. The summed E-state index contributed by atoms with van der Waals surface area (Å²) < 4.78 is 39.7. The normalized spacial score (nSPS) is 18.2. The zero-order valence-electron chi connectivity index (χ0n) is 29.2. The molecule has 1 aliphatic rings. The van der Waals surface area contributed by atoms with E-state index in [9.17, 15) is 0 Å². The summed E-state index contributed by atoms with van der Waals surface area (Å²) in [6.45, 7) is 2.42. The van der Waals surface area contributed by atoms with Crippen LogP contribution in [0.1, 0.15) is 39.5 Å². The second kappa shape index (κ2) is 18.3. The fraction of sp³-hybridized carbons (Fsp3) is 0.217. The molecule has 7 rings (SSSR count). The van der Waals surface area contributed by atoms with Crippen LogP contribution in [0, 0.1) is 0 Å². The quantitative estimate of drug-likeness (QED) is 0.0949. The summed E-state index contributed by atoms with van der Waals surface area (Å²) in [6.07, 6.45) is -1.82. The summed E-state index contributed by atoms with van der Waals surface area (Å²) in [5.74, 6) is 1.37. The lowest BCUT2D eigenvalue weighted by Crippen LogP contribution is -2.37. The van der Waals surface area contributed by atoms with Crippen molar-refractivity contribution < 1.29 is 28.4 Å². The Labute approximate surface area is 306 Å². The molecule has 1 saturated heterocycles. The van der Waals surface area contributed by atoms with Gasteiger partial charge in [-0.2, -0.15) is 0 Å². The van der Waals surface area contributed by atoms with Gasteiger partial charge < -0.3 is 28.4 Å². The summed E-state index contributed by atoms with van der Waals surface area (Å²) in [4.78, 5) is 0. The SMILES string of the molecule is c1ccc(COC[C@H]2OC(c3ccc(OCc4ccccc4)cc3OCc3ccccc3)[C@H](OCc3ccccc3)[C@@H]2OCc2ccccc2)cc1. The van der Waals surface area contributed by atoms with Crippen molar-refractivity contribution in [2.75, 3.05) is 6.61 Å². The van der Waals surface area contributed by atoms with Crippen molar-refractivity contribution in [3.8, 4) is 11.5 Å². The standard InChI is InChI=1S/C46H44O6/c1-6-16-35(17-7-1)29-47-34-43-45(50-32-38-22-12-4-13-23-38)46(51-33-39-24-14-5-15-25-39)44(52-43)41-27-26-40(48-30-36-18-8-2-9-19-36)28-42(41)49-31-37-20-10-3-11-21-37/h1-28,43-46H,29-34H2/t43-,44?,45-,46+/m1/s1. The number of rotatable bonds is 17. The van der Waals surface area contributed by atoms with Gasteiger partial charge in [-0.3, -0.25) is 0 Å². The molecule has 0 bridgehead atoms. The fourth-order valence-electron chi connectivity index (χ4n) is 6.34. The lowest BCUT2D eigenvalue weighted by atomic mass is 9.99. The fourth-order valence-corrected chi connectivity index (χ4v) is 6.34. The molecule has 0 aromatic heterocycles. The van der Waals surface area contributed by atoms with E-state index in [0.29, 0.717) is 51.1 Å². The van der Waals surface area contributed by atoms with Gasteiger partial charge in [0, 0.05) is 11.6 Å². The average molecular weight is 693 g/mol. The molecule has 0 spiro atoms. The highest BCUT2D eigenvalue weighted by molar-refractivity contribution is 5.43. The van der Waals surface area contributed by atoms with E-state index in [1.165, 1.54) is 0 Å². The van der Waals surface area contributed by atoms with Crippen molar-refractivity contribution in [2.45, 2.75) is 57.5 Å². The summed E-state index contributed by atoms with van der Waals surface area (Å²) in [5.41, 5.74) is 6.24. The zero-order valence-corrected chi connectivity index (χ0v) is 29.2. The first kappa shape index (κ1) is 35.2. The molecule has 6 aromatic carbocycles. The maximum atomic E-state index is 6.95. The molecular weight excluding hydrogens is 649 g/mol.